The summed E-state index contributed by atoms with van der Waals surface area (Å²) in [7, 11) is 0. The third-order valence-electron chi connectivity index (χ3n) is 2.67. The van der Waals surface area contributed by atoms with Gasteiger partial charge in [-0.15, -0.1) is 0 Å². The number of aryl methyl sites for hydroxylation is 1. The molecule has 1 aromatic carbocycles. The second-order valence-corrected chi connectivity index (χ2v) is 4.15. The number of ether oxygens (including phenoxy) is 2. The minimum Gasteiger partial charge on any atom is -0.460 e. The average molecular weight is 274 g/mol. The van der Waals surface area contributed by atoms with E-state index in [9.17, 15) is 9.59 Å². The van der Waals surface area contributed by atoms with Gasteiger partial charge < -0.3 is 13.9 Å². The van der Waals surface area contributed by atoms with E-state index in [0.29, 0.717) is 11.3 Å². The number of hydrogen-bond donors (Lipinski definition) is 0. The minimum atomic E-state index is -0.627. The summed E-state index contributed by atoms with van der Waals surface area (Å²) in [4.78, 5) is 22.7. The molecule has 20 heavy (non-hydrogen) atoms. The van der Waals surface area contributed by atoms with Crippen LogP contribution in [0.5, 0.6) is 5.75 Å². The molecule has 1 aromatic heterocycles. The average Bonchev–Trinajstić information content (AvgIpc) is 2.38. The Morgan fingerprint density at radius 3 is 2.80 bits per heavy atom. The largest absolute Gasteiger partial charge is 0.460 e. The molecule has 5 nitrogen and oxygen atoms in total. The Hall–Kier alpha value is -2.56. The van der Waals surface area contributed by atoms with E-state index < -0.39 is 11.6 Å². The maximum absolute atomic E-state index is 11.4. The number of benzene rings is 1. The monoisotopic (exact) mass is 274 g/mol. The van der Waals surface area contributed by atoms with E-state index in [1.165, 1.54) is 12.1 Å². The summed E-state index contributed by atoms with van der Waals surface area (Å²) in [6.07, 6.45) is 0. The van der Waals surface area contributed by atoms with Crippen molar-refractivity contribution in [1.29, 1.82) is 0 Å². The van der Waals surface area contributed by atoms with Gasteiger partial charge in [0.25, 0.3) is 0 Å². The van der Waals surface area contributed by atoms with Gasteiger partial charge in [-0.2, -0.15) is 0 Å². The second kappa shape index (κ2) is 5.61. The van der Waals surface area contributed by atoms with E-state index in [4.69, 9.17) is 13.9 Å². The van der Waals surface area contributed by atoms with Crippen molar-refractivity contribution in [2.24, 2.45) is 0 Å². The Labute approximate surface area is 115 Å². The van der Waals surface area contributed by atoms with Gasteiger partial charge in [-0.05, 0) is 38.1 Å². The van der Waals surface area contributed by atoms with E-state index in [1.54, 1.807) is 19.1 Å². The van der Waals surface area contributed by atoms with E-state index in [0.717, 1.165) is 10.9 Å². The summed E-state index contributed by atoms with van der Waals surface area (Å²) in [5, 5.41) is 0.804. The van der Waals surface area contributed by atoms with Gasteiger partial charge in [-0.3, -0.25) is 0 Å². The van der Waals surface area contributed by atoms with Crippen molar-refractivity contribution in [3.63, 3.8) is 0 Å². The van der Waals surface area contributed by atoms with Gasteiger partial charge >= 0.3 is 11.6 Å². The molecule has 5 heteroatoms. The van der Waals surface area contributed by atoms with Crippen LogP contribution in [0.1, 0.15) is 12.5 Å². The highest BCUT2D eigenvalue weighted by atomic mass is 16.6. The number of carbonyl (C=O) groups excluding carboxylic acids is 1. The molecule has 1 heterocycles. The van der Waals surface area contributed by atoms with Crippen LogP contribution in [0.25, 0.3) is 11.0 Å². The van der Waals surface area contributed by atoms with Crippen LogP contribution in [-0.4, -0.2) is 12.6 Å². The molecule has 0 fully saturated rings. The van der Waals surface area contributed by atoms with Crippen molar-refractivity contribution < 1.29 is 18.7 Å². The number of esters is 1. The summed E-state index contributed by atoms with van der Waals surface area (Å²) >= 11 is 0. The first kappa shape index (κ1) is 13.9. The highest BCUT2D eigenvalue weighted by Crippen LogP contribution is 2.23. The van der Waals surface area contributed by atoms with Gasteiger partial charge in [0.05, 0.1) is 6.61 Å². The number of carbonyl (C=O) groups is 1. The molecular formula is C15H14O5. The lowest BCUT2D eigenvalue weighted by Gasteiger charge is -2.08. The van der Waals surface area contributed by atoms with Crippen LogP contribution in [0.4, 0.5) is 0 Å². The van der Waals surface area contributed by atoms with Crippen molar-refractivity contribution in [2.75, 3.05) is 6.61 Å². The number of rotatable bonds is 4. The maximum Gasteiger partial charge on any atom is 0.373 e. The van der Waals surface area contributed by atoms with Crippen LogP contribution in [0.15, 0.2) is 45.8 Å². The van der Waals surface area contributed by atoms with Crippen LogP contribution < -0.4 is 10.4 Å². The van der Waals surface area contributed by atoms with Gasteiger partial charge in [0.2, 0.25) is 5.76 Å². The van der Waals surface area contributed by atoms with Crippen molar-refractivity contribution >= 4 is 16.9 Å². The maximum atomic E-state index is 11.4. The summed E-state index contributed by atoms with van der Waals surface area (Å²) in [6, 6.07) is 6.37. The second-order valence-electron chi connectivity index (χ2n) is 4.15. The van der Waals surface area contributed by atoms with Crippen molar-refractivity contribution in [1.82, 2.24) is 0 Å². The predicted octanol–water partition coefficient (Wildman–Crippen LogP) is 2.56. The van der Waals surface area contributed by atoms with E-state index in [1.807, 2.05) is 6.92 Å². The third kappa shape index (κ3) is 2.88. The van der Waals surface area contributed by atoms with Crippen LogP contribution in [0.2, 0.25) is 0 Å². The summed E-state index contributed by atoms with van der Waals surface area (Å²) in [5.41, 5.74) is 0.771. The molecule has 0 saturated carbocycles. The zero-order chi connectivity index (χ0) is 14.7. The lowest BCUT2D eigenvalue weighted by Crippen LogP contribution is -2.11. The SMILES string of the molecule is C=C(Oc1ccc2c(C)cc(=O)oc2c1)C(=O)OCC. The molecule has 2 rings (SSSR count). The molecule has 0 unspecified atom stereocenters. The van der Waals surface area contributed by atoms with E-state index in [2.05, 4.69) is 6.58 Å². The van der Waals surface area contributed by atoms with Gasteiger partial charge in [-0.25, -0.2) is 9.59 Å². The first-order valence-corrected chi connectivity index (χ1v) is 6.09. The Morgan fingerprint density at radius 1 is 1.35 bits per heavy atom. The van der Waals surface area contributed by atoms with Gasteiger partial charge in [0.1, 0.15) is 11.3 Å². The fraction of sp³-hybridized carbons (Fsp3) is 0.200. The van der Waals surface area contributed by atoms with Crippen LogP contribution >= 0.6 is 0 Å². The van der Waals surface area contributed by atoms with Crippen molar-refractivity contribution in [3.8, 4) is 5.75 Å². The zero-order valence-electron chi connectivity index (χ0n) is 11.3. The molecular weight excluding hydrogens is 260 g/mol. The predicted molar refractivity (Wildman–Crippen MR) is 73.6 cm³/mol. The summed E-state index contributed by atoms with van der Waals surface area (Å²) in [6.45, 7) is 7.25. The fourth-order valence-electron chi connectivity index (χ4n) is 1.76. The van der Waals surface area contributed by atoms with Crippen LogP contribution in [0.3, 0.4) is 0 Å². The molecule has 0 aliphatic heterocycles. The molecule has 0 spiro atoms. The lowest BCUT2D eigenvalue weighted by atomic mass is 10.1. The lowest BCUT2D eigenvalue weighted by molar-refractivity contribution is -0.140. The summed E-state index contributed by atoms with van der Waals surface area (Å²) in [5.74, 6) is -0.399. The molecule has 0 bridgehead atoms. The van der Waals surface area contributed by atoms with Crippen LogP contribution in [0, 0.1) is 6.92 Å². The van der Waals surface area contributed by atoms with Gasteiger partial charge in [0, 0.05) is 17.5 Å². The van der Waals surface area contributed by atoms with Crippen molar-refractivity contribution in [3.05, 3.63) is 52.6 Å². The summed E-state index contributed by atoms with van der Waals surface area (Å²) < 4.78 is 15.1. The number of fused-ring (bicyclic) bond motifs is 1. The molecule has 0 radical (unpaired) electrons. The molecule has 104 valence electrons. The fourth-order valence-corrected chi connectivity index (χ4v) is 1.76. The Morgan fingerprint density at radius 2 is 2.10 bits per heavy atom. The highest BCUT2D eigenvalue weighted by Gasteiger charge is 2.11. The first-order valence-electron chi connectivity index (χ1n) is 6.09. The highest BCUT2D eigenvalue weighted by molar-refractivity contribution is 5.86. The zero-order valence-corrected chi connectivity index (χ0v) is 11.3. The topological polar surface area (TPSA) is 65.7 Å². The molecule has 2 aromatic rings. The molecule has 0 aliphatic carbocycles. The Balaban J connectivity index is 2.30. The Kier molecular flexibility index (Phi) is 3.89. The third-order valence-corrected chi connectivity index (χ3v) is 2.67. The van der Waals surface area contributed by atoms with E-state index in [-0.39, 0.29) is 12.4 Å². The quantitative estimate of drug-likeness (QED) is 0.371. The van der Waals surface area contributed by atoms with Crippen LogP contribution in [-0.2, 0) is 9.53 Å². The van der Waals surface area contributed by atoms with Crippen molar-refractivity contribution in [2.45, 2.75) is 13.8 Å². The molecule has 0 atom stereocenters. The smallest absolute Gasteiger partial charge is 0.373 e. The van der Waals surface area contributed by atoms with Gasteiger partial charge in [-0.1, -0.05) is 0 Å². The van der Waals surface area contributed by atoms with E-state index >= 15 is 0 Å². The Bertz CT molecular complexity index is 727. The first-order chi connectivity index (χ1) is 9.51. The molecule has 0 amide bonds. The molecule has 0 saturated heterocycles. The molecule has 0 N–H and O–H groups in total. The molecule has 0 aliphatic rings. The standard InChI is InChI=1S/C15H14O5/c1-4-18-15(17)10(3)19-11-5-6-12-9(2)7-14(16)20-13(12)8-11/h5-8H,3-4H2,1-2H3. The minimum absolute atomic E-state index is 0.124. The number of hydrogen-bond acceptors (Lipinski definition) is 5. The normalized spacial score (nSPS) is 10.3. The van der Waals surface area contributed by atoms with Gasteiger partial charge in [0.15, 0.2) is 0 Å².